The highest BCUT2D eigenvalue weighted by Crippen LogP contribution is 2.35. The smallest absolute Gasteiger partial charge is 0.148 e. The van der Waals surface area contributed by atoms with E-state index in [9.17, 15) is 0 Å². The third-order valence-corrected chi connectivity index (χ3v) is 4.83. The molecule has 0 amide bonds. The molecule has 0 atom stereocenters. The summed E-state index contributed by atoms with van der Waals surface area (Å²) in [6.07, 6.45) is 0. The Morgan fingerprint density at radius 1 is 1.05 bits per heavy atom. The van der Waals surface area contributed by atoms with Crippen molar-refractivity contribution in [3.63, 3.8) is 0 Å². The first-order chi connectivity index (χ1) is 10.1. The van der Waals surface area contributed by atoms with Crippen LogP contribution < -0.4 is 10.1 Å². The van der Waals surface area contributed by atoms with E-state index in [-0.39, 0.29) is 0 Å². The minimum Gasteiger partial charge on any atom is -0.487 e. The van der Waals surface area contributed by atoms with Gasteiger partial charge in [0.15, 0.2) is 0 Å². The Labute approximate surface area is 156 Å². The first kappa shape index (κ1) is 17.2. The number of hydrogen-bond donors (Lipinski definition) is 1. The van der Waals surface area contributed by atoms with Crippen molar-refractivity contribution in [2.75, 3.05) is 6.54 Å². The number of benzene rings is 2. The van der Waals surface area contributed by atoms with Gasteiger partial charge in [-0.15, -0.1) is 0 Å². The fraction of sp³-hybridized carbons (Fsp3) is 0.250. The topological polar surface area (TPSA) is 21.3 Å². The lowest BCUT2D eigenvalue weighted by atomic mass is 10.2. The van der Waals surface area contributed by atoms with Gasteiger partial charge in [0.2, 0.25) is 0 Å². The third kappa shape index (κ3) is 5.23. The van der Waals surface area contributed by atoms with E-state index < -0.39 is 0 Å². The van der Waals surface area contributed by atoms with Gasteiger partial charge in [-0.25, -0.2) is 0 Å². The Hall–Kier alpha value is -0.110. The second kappa shape index (κ2) is 8.50. The Morgan fingerprint density at radius 2 is 1.67 bits per heavy atom. The van der Waals surface area contributed by atoms with Gasteiger partial charge >= 0.3 is 0 Å². The molecule has 0 aliphatic rings. The SMILES string of the molecule is CCNCc1cc(Br)c(OCc2ccc(I)cc2)c(Br)c1. The summed E-state index contributed by atoms with van der Waals surface area (Å²) in [5, 5.41) is 3.32. The van der Waals surface area contributed by atoms with Crippen LogP contribution in [-0.2, 0) is 13.2 Å². The monoisotopic (exact) mass is 523 g/mol. The zero-order chi connectivity index (χ0) is 15.2. The highest BCUT2D eigenvalue weighted by atomic mass is 127. The van der Waals surface area contributed by atoms with Crippen LogP contribution in [0.1, 0.15) is 18.1 Å². The van der Waals surface area contributed by atoms with E-state index in [1.165, 1.54) is 9.13 Å². The highest BCUT2D eigenvalue weighted by Gasteiger charge is 2.09. The van der Waals surface area contributed by atoms with Gasteiger partial charge in [-0.1, -0.05) is 19.1 Å². The van der Waals surface area contributed by atoms with Gasteiger partial charge in [0, 0.05) is 10.1 Å². The predicted molar refractivity (Wildman–Crippen MR) is 103 cm³/mol. The summed E-state index contributed by atoms with van der Waals surface area (Å²) < 4.78 is 9.10. The largest absolute Gasteiger partial charge is 0.487 e. The van der Waals surface area contributed by atoms with Gasteiger partial charge in [0.1, 0.15) is 12.4 Å². The lowest BCUT2D eigenvalue weighted by Crippen LogP contribution is -2.11. The maximum absolute atomic E-state index is 5.94. The normalized spacial score (nSPS) is 10.7. The lowest BCUT2D eigenvalue weighted by Gasteiger charge is -2.13. The van der Waals surface area contributed by atoms with Gasteiger partial charge < -0.3 is 10.1 Å². The van der Waals surface area contributed by atoms with Crippen LogP contribution in [-0.4, -0.2) is 6.54 Å². The summed E-state index contributed by atoms with van der Waals surface area (Å²) in [6, 6.07) is 12.5. The van der Waals surface area contributed by atoms with E-state index in [0.717, 1.165) is 33.3 Å². The zero-order valence-corrected chi connectivity index (χ0v) is 17.0. The van der Waals surface area contributed by atoms with Crippen molar-refractivity contribution >= 4 is 54.5 Å². The second-order valence-corrected chi connectivity index (χ2v) is 7.54. The summed E-state index contributed by atoms with van der Waals surface area (Å²) >= 11 is 9.48. The van der Waals surface area contributed by atoms with Crippen molar-refractivity contribution in [1.82, 2.24) is 5.32 Å². The highest BCUT2D eigenvalue weighted by molar-refractivity contribution is 14.1. The minimum absolute atomic E-state index is 0.556. The average Bonchev–Trinajstić information content (AvgIpc) is 2.46. The molecule has 112 valence electrons. The number of nitrogens with one attached hydrogen (secondary N) is 1. The van der Waals surface area contributed by atoms with Crippen molar-refractivity contribution in [3.8, 4) is 5.75 Å². The van der Waals surface area contributed by atoms with Crippen LogP contribution in [0, 0.1) is 3.57 Å². The molecule has 0 aliphatic heterocycles. The number of hydrogen-bond acceptors (Lipinski definition) is 2. The average molecular weight is 525 g/mol. The van der Waals surface area contributed by atoms with Crippen molar-refractivity contribution < 1.29 is 4.74 Å². The van der Waals surface area contributed by atoms with Gasteiger partial charge in [-0.05, 0) is 96.4 Å². The molecule has 2 nitrogen and oxygen atoms in total. The fourth-order valence-electron chi connectivity index (χ4n) is 1.86. The summed E-state index contributed by atoms with van der Waals surface area (Å²) in [7, 11) is 0. The molecule has 2 aromatic rings. The molecule has 0 aliphatic carbocycles. The van der Waals surface area contributed by atoms with Crippen molar-refractivity contribution in [3.05, 3.63) is 60.0 Å². The molecule has 0 bridgehead atoms. The van der Waals surface area contributed by atoms with Crippen molar-refractivity contribution in [1.29, 1.82) is 0 Å². The quantitative estimate of drug-likeness (QED) is 0.504. The molecule has 2 aromatic carbocycles. The summed E-state index contributed by atoms with van der Waals surface area (Å²) in [5.74, 6) is 0.841. The molecule has 0 fully saturated rings. The van der Waals surface area contributed by atoms with Crippen LogP contribution in [0.25, 0.3) is 0 Å². The first-order valence-electron chi connectivity index (χ1n) is 6.66. The maximum atomic E-state index is 5.94. The summed E-state index contributed by atoms with van der Waals surface area (Å²) in [5.41, 5.74) is 2.38. The molecule has 0 radical (unpaired) electrons. The van der Waals surface area contributed by atoms with Crippen molar-refractivity contribution in [2.45, 2.75) is 20.1 Å². The molecule has 1 N–H and O–H groups in total. The standard InChI is InChI=1S/C16H16Br2INO/c1-2-20-9-12-7-14(17)16(15(18)8-12)21-10-11-3-5-13(19)6-4-11/h3-8,20H,2,9-10H2,1H3. The maximum Gasteiger partial charge on any atom is 0.148 e. The van der Waals surface area contributed by atoms with Gasteiger partial charge in [-0.2, -0.15) is 0 Å². The Bertz CT molecular complexity index is 579. The predicted octanol–water partition coefficient (Wildman–Crippen LogP) is 5.50. The van der Waals surface area contributed by atoms with E-state index in [1.807, 2.05) is 0 Å². The molecule has 0 spiro atoms. The molecule has 0 saturated carbocycles. The molecule has 2 rings (SSSR count). The van der Waals surface area contributed by atoms with Gasteiger partial charge in [0.25, 0.3) is 0 Å². The molecule has 0 unspecified atom stereocenters. The Morgan fingerprint density at radius 3 is 2.24 bits per heavy atom. The molecule has 0 heterocycles. The summed E-state index contributed by atoms with van der Waals surface area (Å²) in [6.45, 7) is 4.47. The van der Waals surface area contributed by atoms with E-state index in [4.69, 9.17) is 4.74 Å². The van der Waals surface area contributed by atoms with E-state index in [2.05, 4.69) is 103 Å². The number of ether oxygens (including phenoxy) is 1. The Kier molecular flexibility index (Phi) is 6.98. The van der Waals surface area contributed by atoms with Gasteiger partial charge in [-0.3, -0.25) is 0 Å². The third-order valence-electron chi connectivity index (χ3n) is 2.93. The van der Waals surface area contributed by atoms with Gasteiger partial charge in [0.05, 0.1) is 8.95 Å². The minimum atomic E-state index is 0.556. The number of halogens is 3. The zero-order valence-electron chi connectivity index (χ0n) is 11.6. The van der Waals surface area contributed by atoms with E-state index >= 15 is 0 Å². The van der Waals surface area contributed by atoms with Crippen LogP contribution in [0.15, 0.2) is 45.3 Å². The van der Waals surface area contributed by atoms with Crippen LogP contribution in [0.4, 0.5) is 0 Å². The van der Waals surface area contributed by atoms with E-state index in [0.29, 0.717) is 6.61 Å². The molecule has 21 heavy (non-hydrogen) atoms. The second-order valence-electron chi connectivity index (χ2n) is 4.58. The van der Waals surface area contributed by atoms with Crippen LogP contribution in [0.2, 0.25) is 0 Å². The fourth-order valence-corrected chi connectivity index (χ4v) is 3.73. The van der Waals surface area contributed by atoms with Crippen LogP contribution in [0.5, 0.6) is 5.75 Å². The Balaban J connectivity index is 2.07. The van der Waals surface area contributed by atoms with Crippen LogP contribution >= 0.6 is 54.5 Å². The molecule has 0 saturated heterocycles. The summed E-state index contributed by atoms with van der Waals surface area (Å²) in [4.78, 5) is 0. The molecular formula is C16H16Br2INO. The molecule has 5 heteroatoms. The van der Waals surface area contributed by atoms with Crippen molar-refractivity contribution in [2.24, 2.45) is 0 Å². The van der Waals surface area contributed by atoms with Crippen LogP contribution in [0.3, 0.4) is 0 Å². The number of rotatable bonds is 6. The molecule has 0 aromatic heterocycles. The first-order valence-corrected chi connectivity index (χ1v) is 9.32. The molecular weight excluding hydrogens is 509 g/mol. The van der Waals surface area contributed by atoms with E-state index in [1.54, 1.807) is 0 Å². The lowest BCUT2D eigenvalue weighted by molar-refractivity contribution is 0.302.